The number of aromatic nitrogens is 2. The molecule has 0 N–H and O–H groups in total. The Bertz CT molecular complexity index is 840. The summed E-state index contributed by atoms with van der Waals surface area (Å²) in [5.74, 6) is 2.60. The molecule has 3 aliphatic rings. The van der Waals surface area contributed by atoms with Gasteiger partial charge in [-0.15, -0.1) is 0 Å². The number of morpholine rings is 1. The van der Waals surface area contributed by atoms with Crippen LogP contribution in [0.25, 0.3) is 0 Å². The molecule has 1 saturated carbocycles. The van der Waals surface area contributed by atoms with Gasteiger partial charge in [0.05, 0.1) is 13.2 Å². The van der Waals surface area contributed by atoms with Gasteiger partial charge in [-0.3, -0.25) is 4.79 Å². The molecule has 3 fully saturated rings. The summed E-state index contributed by atoms with van der Waals surface area (Å²) < 4.78 is 10.9. The largest absolute Gasteiger partial charge is 0.378 e. The minimum atomic E-state index is 0.118. The van der Waals surface area contributed by atoms with Crippen LogP contribution < -0.4 is 4.90 Å². The summed E-state index contributed by atoms with van der Waals surface area (Å²) in [6.45, 7) is 4.90. The number of amides is 1. The Morgan fingerprint density at radius 1 is 1.07 bits per heavy atom. The third kappa shape index (κ3) is 4.29. The van der Waals surface area contributed by atoms with Crippen molar-refractivity contribution in [3.05, 3.63) is 41.5 Å². The van der Waals surface area contributed by atoms with Gasteiger partial charge in [-0.25, -0.2) is 0 Å². The van der Waals surface area contributed by atoms with Gasteiger partial charge in [0.25, 0.3) is 5.91 Å². The average Bonchev–Trinajstić information content (AvgIpc) is 3.53. The molecule has 1 atom stereocenters. The maximum atomic E-state index is 13.0. The van der Waals surface area contributed by atoms with Gasteiger partial charge in [0.1, 0.15) is 0 Å². The van der Waals surface area contributed by atoms with Crippen LogP contribution in [-0.4, -0.2) is 60.3 Å². The predicted molar refractivity (Wildman–Crippen MR) is 108 cm³/mol. The molecule has 0 bridgehead atoms. The lowest BCUT2D eigenvalue weighted by atomic mass is 9.94. The van der Waals surface area contributed by atoms with Crippen LogP contribution in [0.1, 0.15) is 53.7 Å². The zero-order chi connectivity index (χ0) is 19.6. The highest BCUT2D eigenvalue weighted by Gasteiger charge is 2.30. The maximum Gasteiger partial charge on any atom is 0.253 e. The molecule has 2 aromatic rings. The Morgan fingerprint density at radius 3 is 2.62 bits per heavy atom. The highest BCUT2D eigenvalue weighted by atomic mass is 16.5. The number of nitrogens with zero attached hydrogens (tertiary/aromatic N) is 4. The smallest absolute Gasteiger partial charge is 0.253 e. The first-order chi connectivity index (χ1) is 14.3. The van der Waals surface area contributed by atoms with Crippen molar-refractivity contribution in [1.82, 2.24) is 15.0 Å². The third-order valence-corrected chi connectivity index (χ3v) is 6.19. The van der Waals surface area contributed by atoms with Gasteiger partial charge in [-0.1, -0.05) is 5.16 Å². The first-order valence-corrected chi connectivity index (χ1v) is 10.8. The predicted octanol–water partition coefficient (Wildman–Crippen LogP) is 2.88. The number of carbonyl (C=O) groups excluding carboxylic acids is 1. The molecule has 1 aromatic carbocycles. The lowest BCUT2D eigenvalue weighted by molar-refractivity contribution is 0.0668. The molecule has 5 rings (SSSR count). The van der Waals surface area contributed by atoms with Crippen molar-refractivity contribution in [1.29, 1.82) is 0 Å². The second-order valence-electron chi connectivity index (χ2n) is 8.43. The van der Waals surface area contributed by atoms with Crippen LogP contribution in [-0.2, 0) is 11.2 Å². The van der Waals surface area contributed by atoms with E-state index in [2.05, 4.69) is 27.2 Å². The van der Waals surface area contributed by atoms with Gasteiger partial charge >= 0.3 is 0 Å². The lowest BCUT2D eigenvalue weighted by Crippen LogP contribution is -2.40. The summed E-state index contributed by atoms with van der Waals surface area (Å²) in [6, 6.07) is 8.02. The van der Waals surface area contributed by atoms with E-state index < -0.39 is 0 Å². The van der Waals surface area contributed by atoms with E-state index in [-0.39, 0.29) is 5.91 Å². The van der Waals surface area contributed by atoms with E-state index in [4.69, 9.17) is 9.26 Å². The van der Waals surface area contributed by atoms with Crippen molar-refractivity contribution < 1.29 is 14.1 Å². The van der Waals surface area contributed by atoms with Gasteiger partial charge in [0.15, 0.2) is 5.82 Å². The lowest BCUT2D eigenvalue weighted by Gasteiger charge is -2.32. The topological polar surface area (TPSA) is 71.7 Å². The molecular formula is C22H28N4O3. The minimum Gasteiger partial charge on any atom is -0.378 e. The van der Waals surface area contributed by atoms with Crippen molar-refractivity contribution in [2.45, 2.75) is 38.0 Å². The molecule has 0 radical (unpaired) electrons. The molecule has 0 unspecified atom stereocenters. The molecule has 2 aliphatic heterocycles. The number of anilines is 1. The fraction of sp³-hybridized carbons (Fsp3) is 0.591. The van der Waals surface area contributed by atoms with Crippen molar-refractivity contribution in [3.63, 3.8) is 0 Å². The Labute approximate surface area is 171 Å². The molecule has 154 valence electrons. The zero-order valence-corrected chi connectivity index (χ0v) is 16.8. The molecule has 1 aromatic heterocycles. The Hall–Kier alpha value is -2.41. The quantitative estimate of drug-likeness (QED) is 0.774. The summed E-state index contributed by atoms with van der Waals surface area (Å²) in [7, 11) is 0. The molecule has 3 heterocycles. The highest BCUT2D eigenvalue weighted by Crippen LogP contribution is 2.38. The third-order valence-electron chi connectivity index (χ3n) is 6.19. The summed E-state index contributed by atoms with van der Waals surface area (Å²) in [4.78, 5) is 21.9. The van der Waals surface area contributed by atoms with Crippen molar-refractivity contribution in [2.24, 2.45) is 5.92 Å². The molecule has 1 aliphatic carbocycles. The monoisotopic (exact) mass is 396 g/mol. The summed E-state index contributed by atoms with van der Waals surface area (Å²) >= 11 is 0. The van der Waals surface area contributed by atoms with Gasteiger partial charge in [0, 0.05) is 49.8 Å². The Kier molecular flexibility index (Phi) is 5.23. The van der Waals surface area contributed by atoms with Crippen molar-refractivity contribution in [2.75, 3.05) is 44.3 Å². The average molecular weight is 396 g/mol. The maximum absolute atomic E-state index is 13.0. The molecule has 29 heavy (non-hydrogen) atoms. The number of benzene rings is 1. The second kappa shape index (κ2) is 8.14. The number of hydrogen-bond acceptors (Lipinski definition) is 6. The van der Waals surface area contributed by atoms with E-state index in [1.807, 2.05) is 17.0 Å². The highest BCUT2D eigenvalue weighted by molar-refractivity contribution is 5.94. The van der Waals surface area contributed by atoms with Crippen LogP contribution in [0.2, 0.25) is 0 Å². The molecule has 2 saturated heterocycles. The van der Waals surface area contributed by atoms with E-state index in [0.29, 0.717) is 11.8 Å². The van der Waals surface area contributed by atoms with Crippen molar-refractivity contribution in [3.8, 4) is 0 Å². The van der Waals surface area contributed by atoms with Gasteiger partial charge in [-0.2, -0.15) is 4.98 Å². The first-order valence-electron chi connectivity index (χ1n) is 10.8. The molecule has 7 heteroatoms. The number of carbonyl (C=O) groups is 1. The molecule has 1 amide bonds. The van der Waals surface area contributed by atoms with Crippen LogP contribution in [0, 0.1) is 5.92 Å². The number of ether oxygens (including phenoxy) is 1. The number of rotatable bonds is 5. The van der Waals surface area contributed by atoms with Gasteiger partial charge < -0.3 is 19.1 Å². The Balaban J connectivity index is 1.19. The standard InChI is InChI=1S/C22H28N4O3/c27-22(18-5-7-19(8-6-18)25-10-12-28-13-11-25)26-9-1-2-16(15-26)14-20-23-21(24-29-20)17-3-4-17/h5-8,16-17H,1-4,9-15H2/t16-/m0/s1. The van der Waals surface area contributed by atoms with Crippen LogP contribution in [0.4, 0.5) is 5.69 Å². The van der Waals surface area contributed by atoms with Crippen molar-refractivity contribution >= 4 is 11.6 Å². The van der Waals surface area contributed by atoms with E-state index in [1.54, 1.807) is 0 Å². The summed E-state index contributed by atoms with van der Waals surface area (Å²) in [5, 5.41) is 4.11. The minimum absolute atomic E-state index is 0.118. The zero-order valence-electron chi connectivity index (χ0n) is 16.8. The van der Waals surface area contributed by atoms with E-state index in [0.717, 1.165) is 81.6 Å². The fourth-order valence-corrected chi connectivity index (χ4v) is 4.34. The van der Waals surface area contributed by atoms with Crippen LogP contribution in [0.5, 0.6) is 0 Å². The number of piperidine rings is 1. The van der Waals surface area contributed by atoms with E-state index in [1.165, 1.54) is 12.8 Å². The van der Waals surface area contributed by atoms with Gasteiger partial charge in [-0.05, 0) is 55.9 Å². The second-order valence-corrected chi connectivity index (χ2v) is 8.43. The van der Waals surface area contributed by atoms with Gasteiger partial charge in [0.2, 0.25) is 5.89 Å². The Morgan fingerprint density at radius 2 is 1.86 bits per heavy atom. The fourth-order valence-electron chi connectivity index (χ4n) is 4.34. The molecule has 0 spiro atoms. The summed E-state index contributed by atoms with van der Waals surface area (Å²) in [5.41, 5.74) is 1.92. The molecule has 7 nitrogen and oxygen atoms in total. The normalized spacial score (nSPS) is 22.7. The van der Waals surface area contributed by atoms with Crippen LogP contribution in [0.3, 0.4) is 0 Å². The first kappa shape index (κ1) is 18.6. The number of likely N-dealkylation sites (tertiary alicyclic amines) is 1. The van der Waals surface area contributed by atoms with E-state index in [9.17, 15) is 4.79 Å². The number of hydrogen-bond donors (Lipinski definition) is 0. The van der Waals surface area contributed by atoms with Crippen LogP contribution >= 0.6 is 0 Å². The molecular weight excluding hydrogens is 368 g/mol. The summed E-state index contributed by atoms with van der Waals surface area (Å²) in [6.07, 6.45) is 5.23. The van der Waals surface area contributed by atoms with E-state index >= 15 is 0 Å². The van der Waals surface area contributed by atoms with Crippen LogP contribution in [0.15, 0.2) is 28.8 Å². The SMILES string of the molecule is O=C(c1ccc(N2CCOCC2)cc1)N1CCC[C@@H](Cc2nc(C3CC3)no2)C1.